The molecule has 126 valence electrons. The van der Waals surface area contributed by atoms with E-state index in [0.717, 1.165) is 0 Å². The second kappa shape index (κ2) is 7.27. The number of sulfonamides is 2. The van der Waals surface area contributed by atoms with Gasteiger partial charge in [0.05, 0.1) is 18.6 Å². The monoisotopic (exact) mass is 351 g/mol. The van der Waals surface area contributed by atoms with Crippen LogP contribution < -0.4 is 19.9 Å². The molecule has 0 aliphatic heterocycles. The van der Waals surface area contributed by atoms with Gasteiger partial charge in [0, 0.05) is 18.7 Å². The van der Waals surface area contributed by atoms with Crippen LogP contribution in [0, 0.1) is 0 Å². The molecule has 0 bridgehead atoms. The second-order valence-electron chi connectivity index (χ2n) is 4.63. The van der Waals surface area contributed by atoms with Gasteiger partial charge in [-0.05, 0) is 26.0 Å². The fourth-order valence-electron chi connectivity index (χ4n) is 1.58. The van der Waals surface area contributed by atoms with Gasteiger partial charge in [-0.2, -0.15) is 0 Å². The molecule has 0 unspecified atom stereocenters. The molecule has 0 aromatic heterocycles. The summed E-state index contributed by atoms with van der Waals surface area (Å²) in [6, 6.07) is 3.51. The average molecular weight is 351 g/mol. The van der Waals surface area contributed by atoms with E-state index >= 15 is 0 Å². The molecule has 0 saturated heterocycles. The van der Waals surface area contributed by atoms with E-state index in [1.807, 2.05) is 0 Å². The van der Waals surface area contributed by atoms with Gasteiger partial charge in [-0.25, -0.2) is 21.6 Å². The number of benzene rings is 1. The number of nitrogens with one attached hydrogen (secondary N) is 2. The van der Waals surface area contributed by atoms with Crippen molar-refractivity contribution in [3.63, 3.8) is 0 Å². The Morgan fingerprint density at radius 2 is 1.91 bits per heavy atom. The lowest BCUT2D eigenvalue weighted by atomic mass is 10.3. The van der Waals surface area contributed by atoms with Crippen molar-refractivity contribution < 1.29 is 21.6 Å². The number of nitrogens with two attached hydrogens (primary N) is 1. The molecule has 0 fully saturated rings. The smallest absolute Gasteiger partial charge is 0.244 e. The van der Waals surface area contributed by atoms with E-state index in [1.165, 1.54) is 32.2 Å². The SMILES string of the molecule is CCS(=O)(=O)Nc1ccc(S(=O)(=O)N[C@@H](C)CN)c(OC)c1. The Labute approximate surface area is 131 Å². The lowest BCUT2D eigenvalue weighted by Crippen LogP contribution is -2.37. The van der Waals surface area contributed by atoms with E-state index in [4.69, 9.17) is 10.5 Å². The largest absolute Gasteiger partial charge is 0.495 e. The minimum atomic E-state index is -3.81. The molecule has 1 aromatic rings. The normalized spacial score (nSPS) is 13.6. The van der Waals surface area contributed by atoms with E-state index in [0.29, 0.717) is 0 Å². The van der Waals surface area contributed by atoms with Gasteiger partial charge in [0.15, 0.2) is 0 Å². The first-order valence-corrected chi connectivity index (χ1v) is 9.69. The van der Waals surface area contributed by atoms with Gasteiger partial charge in [-0.15, -0.1) is 0 Å². The molecule has 0 heterocycles. The van der Waals surface area contributed by atoms with Gasteiger partial charge >= 0.3 is 0 Å². The first-order valence-electron chi connectivity index (χ1n) is 6.56. The average Bonchev–Trinajstić information content (AvgIpc) is 2.45. The van der Waals surface area contributed by atoms with Crippen molar-refractivity contribution in [3.8, 4) is 5.75 Å². The maximum Gasteiger partial charge on any atom is 0.244 e. The highest BCUT2D eigenvalue weighted by Gasteiger charge is 2.22. The molecule has 0 radical (unpaired) electrons. The number of hydrogen-bond acceptors (Lipinski definition) is 6. The lowest BCUT2D eigenvalue weighted by Gasteiger charge is -2.15. The van der Waals surface area contributed by atoms with E-state index in [-0.39, 0.29) is 28.6 Å². The Morgan fingerprint density at radius 1 is 1.27 bits per heavy atom. The third-order valence-electron chi connectivity index (χ3n) is 2.82. The van der Waals surface area contributed by atoms with Crippen molar-refractivity contribution in [3.05, 3.63) is 18.2 Å². The number of methoxy groups -OCH3 is 1. The maximum atomic E-state index is 12.2. The first-order chi connectivity index (χ1) is 10.1. The molecule has 1 rings (SSSR count). The van der Waals surface area contributed by atoms with Gasteiger partial charge in [0.1, 0.15) is 10.6 Å². The molecule has 10 heteroatoms. The van der Waals surface area contributed by atoms with Crippen LogP contribution in [0.2, 0.25) is 0 Å². The summed E-state index contributed by atoms with van der Waals surface area (Å²) in [6.07, 6.45) is 0. The molecule has 0 amide bonds. The molecule has 0 aliphatic rings. The summed E-state index contributed by atoms with van der Waals surface area (Å²) in [5.41, 5.74) is 5.63. The van der Waals surface area contributed by atoms with Crippen molar-refractivity contribution in [1.82, 2.24) is 4.72 Å². The molecule has 0 spiro atoms. The maximum absolute atomic E-state index is 12.2. The van der Waals surface area contributed by atoms with Crippen molar-refractivity contribution in [2.24, 2.45) is 5.73 Å². The van der Waals surface area contributed by atoms with Crippen LogP contribution >= 0.6 is 0 Å². The highest BCUT2D eigenvalue weighted by Crippen LogP contribution is 2.27. The fourth-order valence-corrected chi connectivity index (χ4v) is 3.62. The zero-order valence-electron chi connectivity index (χ0n) is 12.7. The van der Waals surface area contributed by atoms with Crippen LogP contribution in [0.4, 0.5) is 5.69 Å². The van der Waals surface area contributed by atoms with Crippen LogP contribution in [0.15, 0.2) is 23.1 Å². The summed E-state index contributed by atoms with van der Waals surface area (Å²) in [7, 11) is -5.96. The van der Waals surface area contributed by atoms with Crippen LogP contribution in [0.3, 0.4) is 0 Å². The molecule has 0 saturated carbocycles. The van der Waals surface area contributed by atoms with Gasteiger partial charge in [-0.1, -0.05) is 0 Å². The van der Waals surface area contributed by atoms with Crippen LogP contribution in [0.25, 0.3) is 0 Å². The van der Waals surface area contributed by atoms with Gasteiger partial charge in [0.2, 0.25) is 20.0 Å². The van der Waals surface area contributed by atoms with Crippen LogP contribution in [-0.4, -0.2) is 42.3 Å². The lowest BCUT2D eigenvalue weighted by molar-refractivity contribution is 0.402. The Hall–Kier alpha value is -1.36. The summed E-state index contributed by atoms with van der Waals surface area (Å²) < 4.78 is 57.4. The topological polar surface area (TPSA) is 128 Å². The highest BCUT2D eigenvalue weighted by atomic mass is 32.2. The summed E-state index contributed by atoms with van der Waals surface area (Å²) >= 11 is 0. The minimum absolute atomic E-state index is 0.0352. The standard InChI is InChI=1S/C12H21N3O5S2/c1-4-21(16,17)15-10-5-6-12(11(7-10)20-3)22(18,19)14-9(2)8-13/h5-7,9,14-15H,4,8,13H2,1-3H3/t9-/m0/s1. The number of ether oxygens (including phenoxy) is 1. The molecular weight excluding hydrogens is 330 g/mol. The fraction of sp³-hybridized carbons (Fsp3) is 0.500. The predicted octanol–water partition coefficient (Wildman–Crippen LogP) is 0.0823. The molecule has 0 aliphatic carbocycles. The van der Waals surface area contributed by atoms with E-state index in [1.54, 1.807) is 6.92 Å². The van der Waals surface area contributed by atoms with Gasteiger partial charge < -0.3 is 10.5 Å². The summed E-state index contributed by atoms with van der Waals surface area (Å²) in [5, 5.41) is 0. The van der Waals surface area contributed by atoms with Crippen molar-refractivity contribution in [2.45, 2.75) is 24.8 Å². The van der Waals surface area contributed by atoms with Crippen molar-refractivity contribution >= 4 is 25.7 Å². The second-order valence-corrected chi connectivity index (χ2v) is 8.32. The Morgan fingerprint density at radius 3 is 2.41 bits per heavy atom. The quantitative estimate of drug-likeness (QED) is 0.609. The molecule has 1 aromatic carbocycles. The molecule has 8 nitrogen and oxygen atoms in total. The number of anilines is 1. The summed E-state index contributed by atoms with van der Waals surface area (Å²) in [5.74, 6) is -0.0571. The molecule has 1 atom stereocenters. The van der Waals surface area contributed by atoms with E-state index < -0.39 is 26.1 Å². The Kier molecular flexibility index (Phi) is 6.17. The zero-order chi connectivity index (χ0) is 17.0. The predicted molar refractivity (Wildman–Crippen MR) is 84.9 cm³/mol. The Balaban J connectivity index is 3.19. The zero-order valence-corrected chi connectivity index (χ0v) is 14.3. The third-order valence-corrected chi connectivity index (χ3v) is 5.75. The molecule has 22 heavy (non-hydrogen) atoms. The van der Waals surface area contributed by atoms with E-state index in [2.05, 4.69) is 9.44 Å². The summed E-state index contributed by atoms with van der Waals surface area (Å²) in [4.78, 5) is -0.0882. The van der Waals surface area contributed by atoms with Crippen LogP contribution in [0.5, 0.6) is 5.75 Å². The molecular formula is C12H21N3O5S2. The van der Waals surface area contributed by atoms with Crippen molar-refractivity contribution in [1.29, 1.82) is 0 Å². The van der Waals surface area contributed by atoms with Gasteiger partial charge in [-0.3, -0.25) is 4.72 Å². The van der Waals surface area contributed by atoms with Crippen molar-refractivity contribution in [2.75, 3.05) is 24.1 Å². The summed E-state index contributed by atoms with van der Waals surface area (Å²) in [6.45, 7) is 3.28. The highest BCUT2D eigenvalue weighted by molar-refractivity contribution is 7.92. The Bertz CT molecular complexity index is 716. The van der Waals surface area contributed by atoms with E-state index in [9.17, 15) is 16.8 Å². The van der Waals surface area contributed by atoms with Gasteiger partial charge in [0.25, 0.3) is 0 Å². The first kappa shape index (κ1) is 18.7. The van der Waals surface area contributed by atoms with Crippen LogP contribution in [0.1, 0.15) is 13.8 Å². The number of rotatable bonds is 8. The minimum Gasteiger partial charge on any atom is -0.495 e. The van der Waals surface area contributed by atoms with Crippen LogP contribution in [-0.2, 0) is 20.0 Å². The molecule has 4 N–H and O–H groups in total. The third kappa shape index (κ3) is 4.83. The number of hydrogen-bond donors (Lipinski definition) is 3.